The molecule has 1 heterocycles. The largest absolute Gasteiger partial charge is 0.482 e. The maximum atomic E-state index is 5.57. The molecule has 0 bridgehead atoms. The highest BCUT2D eigenvalue weighted by Gasteiger charge is 2.13. The fourth-order valence-corrected chi connectivity index (χ4v) is 0.753. The smallest absolute Gasteiger partial charge is 0.138 e. The summed E-state index contributed by atoms with van der Waals surface area (Å²) in [6, 6.07) is 3.72. The van der Waals surface area contributed by atoms with E-state index in [4.69, 9.17) is 4.74 Å². The predicted octanol–water partition coefficient (Wildman–Crippen LogP) is 2.43. The molecule has 0 unspecified atom stereocenters. The van der Waals surface area contributed by atoms with Crippen LogP contribution in [0, 0.1) is 0 Å². The first-order valence-electron chi connectivity index (χ1n) is 3.87. The summed E-state index contributed by atoms with van der Waals surface area (Å²) < 4.78 is 5.57. The zero-order chi connectivity index (χ0) is 9.03. The Morgan fingerprint density at radius 2 is 2.33 bits per heavy atom. The minimum atomic E-state index is -0.330. The van der Waals surface area contributed by atoms with Gasteiger partial charge in [-0.05, 0) is 32.1 Å². The van der Waals surface area contributed by atoms with Crippen LogP contribution in [0.3, 0.4) is 0 Å². The van der Waals surface area contributed by atoms with Gasteiger partial charge in [0.05, 0.1) is 6.20 Å². The molecule has 0 N–H and O–H groups in total. The average Bonchev–Trinajstić information content (AvgIpc) is 2.06. The Kier molecular flexibility index (Phi) is 2.48. The number of nitrogens with zero attached hydrogens (tertiary/aromatic N) is 1. The lowest BCUT2D eigenvalue weighted by atomic mass is 10.1. The highest BCUT2D eigenvalue weighted by molar-refractivity contribution is 5.17. The highest BCUT2D eigenvalue weighted by atomic mass is 16.5. The van der Waals surface area contributed by atoms with Gasteiger partial charge in [-0.1, -0.05) is 6.58 Å². The molecule has 0 amide bonds. The van der Waals surface area contributed by atoms with Crippen molar-refractivity contribution in [2.24, 2.45) is 0 Å². The molecule has 1 aromatic heterocycles. The van der Waals surface area contributed by atoms with E-state index in [1.54, 1.807) is 18.5 Å². The lowest BCUT2D eigenvalue weighted by molar-refractivity contribution is 0.162. The molecule has 0 aliphatic carbocycles. The summed E-state index contributed by atoms with van der Waals surface area (Å²) in [5.74, 6) is 0.766. The number of aromatic nitrogens is 1. The van der Waals surface area contributed by atoms with Gasteiger partial charge in [-0.2, -0.15) is 0 Å². The van der Waals surface area contributed by atoms with Gasteiger partial charge in [-0.3, -0.25) is 4.98 Å². The molecule has 0 aliphatic rings. The number of hydrogen-bond donors (Lipinski definition) is 0. The average molecular weight is 163 g/mol. The summed E-state index contributed by atoms with van der Waals surface area (Å²) in [6.45, 7) is 7.59. The van der Waals surface area contributed by atoms with Crippen LogP contribution in [-0.4, -0.2) is 10.6 Å². The van der Waals surface area contributed by atoms with Crippen molar-refractivity contribution < 1.29 is 4.74 Å². The second-order valence-corrected chi connectivity index (χ2v) is 3.10. The Morgan fingerprint density at radius 1 is 1.58 bits per heavy atom. The lowest BCUT2D eigenvalue weighted by Gasteiger charge is -2.21. The standard InChI is InChI=1S/C10H13NO/c1-4-10(2,3)12-9-6-5-7-11-8-9/h4-8H,1H2,2-3H3. The SMILES string of the molecule is C=CC(C)(C)Oc1cccnc1. The van der Waals surface area contributed by atoms with Crippen molar-refractivity contribution in [2.75, 3.05) is 0 Å². The highest BCUT2D eigenvalue weighted by Crippen LogP contribution is 2.16. The zero-order valence-corrected chi connectivity index (χ0v) is 7.45. The molecule has 1 rings (SSSR count). The van der Waals surface area contributed by atoms with Crippen LogP contribution < -0.4 is 4.74 Å². The molecule has 0 spiro atoms. The lowest BCUT2D eigenvalue weighted by Crippen LogP contribution is -2.24. The minimum Gasteiger partial charge on any atom is -0.482 e. The molecule has 2 nitrogen and oxygen atoms in total. The maximum absolute atomic E-state index is 5.57. The van der Waals surface area contributed by atoms with Gasteiger partial charge in [-0.15, -0.1) is 0 Å². The van der Waals surface area contributed by atoms with E-state index >= 15 is 0 Å². The minimum absolute atomic E-state index is 0.330. The molecule has 0 atom stereocenters. The molecule has 12 heavy (non-hydrogen) atoms. The molecule has 2 heteroatoms. The van der Waals surface area contributed by atoms with E-state index in [1.807, 2.05) is 26.0 Å². The summed E-state index contributed by atoms with van der Waals surface area (Å²) in [5.41, 5.74) is -0.330. The van der Waals surface area contributed by atoms with E-state index in [1.165, 1.54) is 0 Å². The van der Waals surface area contributed by atoms with Crippen molar-refractivity contribution >= 4 is 0 Å². The summed E-state index contributed by atoms with van der Waals surface area (Å²) in [7, 11) is 0. The fraction of sp³-hybridized carbons (Fsp3) is 0.300. The van der Waals surface area contributed by atoms with E-state index in [9.17, 15) is 0 Å². The molecule has 0 saturated carbocycles. The van der Waals surface area contributed by atoms with Crippen molar-refractivity contribution in [2.45, 2.75) is 19.4 Å². The first-order valence-corrected chi connectivity index (χ1v) is 3.87. The van der Waals surface area contributed by atoms with Gasteiger partial charge in [0, 0.05) is 6.20 Å². The molecule has 0 aliphatic heterocycles. The topological polar surface area (TPSA) is 22.1 Å². The Balaban J connectivity index is 2.70. The number of ether oxygens (including phenoxy) is 1. The molecule has 0 radical (unpaired) electrons. The quantitative estimate of drug-likeness (QED) is 0.638. The monoisotopic (exact) mass is 163 g/mol. The van der Waals surface area contributed by atoms with Crippen molar-refractivity contribution in [1.29, 1.82) is 0 Å². The molecule has 0 saturated heterocycles. The fourth-order valence-electron chi connectivity index (χ4n) is 0.753. The van der Waals surface area contributed by atoms with Gasteiger partial charge < -0.3 is 4.74 Å². The predicted molar refractivity (Wildman–Crippen MR) is 49.1 cm³/mol. The Morgan fingerprint density at radius 3 is 2.83 bits per heavy atom. The van der Waals surface area contributed by atoms with Crippen LogP contribution in [0.2, 0.25) is 0 Å². The van der Waals surface area contributed by atoms with Crippen LogP contribution in [-0.2, 0) is 0 Å². The van der Waals surface area contributed by atoms with Crippen LogP contribution in [0.15, 0.2) is 37.2 Å². The number of pyridine rings is 1. The van der Waals surface area contributed by atoms with E-state index in [0.29, 0.717) is 0 Å². The second-order valence-electron chi connectivity index (χ2n) is 3.10. The third-order valence-electron chi connectivity index (χ3n) is 1.51. The molecular formula is C10H13NO. The molecule has 0 aromatic carbocycles. The van der Waals surface area contributed by atoms with Crippen LogP contribution in [0.5, 0.6) is 5.75 Å². The van der Waals surface area contributed by atoms with Crippen molar-refractivity contribution in [3.8, 4) is 5.75 Å². The third kappa shape index (κ3) is 2.38. The molecular weight excluding hydrogens is 150 g/mol. The summed E-state index contributed by atoms with van der Waals surface area (Å²) in [5, 5.41) is 0. The van der Waals surface area contributed by atoms with E-state index in [0.717, 1.165) is 5.75 Å². The number of hydrogen-bond acceptors (Lipinski definition) is 2. The van der Waals surface area contributed by atoms with Crippen molar-refractivity contribution in [1.82, 2.24) is 4.98 Å². The van der Waals surface area contributed by atoms with Gasteiger partial charge in [0.25, 0.3) is 0 Å². The van der Waals surface area contributed by atoms with Gasteiger partial charge in [-0.25, -0.2) is 0 Å². The van der Waals surface area contributed by atoms with Gasteiger partial charge in [0.15, 0.2) is 0 Å². The van der Waals surface area contributed by atoms with E-state index in [-0.39, 0.29) is 5.60 Å². The van der Waals surface area contributed by atoms with Crippen LogP contribution >= 0.6 is 0 Å². The Hall–Kier alpha value is -1.31. The van der Waals surface area contributed by atoms with Crippen LogP contribution in [0.4, 0.5) is 0 Å². The second kappa shape index (κ2) is 3.39. The van der Waals surface area contributed by atoms with Gasteiger partial charge in [0.2, 0.25) is 0 Å². The summed E-state index contributed by atoms with van der Waals surface area (Å²) in [4.78, 5) is 3.94. The maximum Gasteiger partial charge on any atom is 0.138 e. The summed E-state index contributed by atoms with van der Waals surface area (Å²) in [6.07, 6.45) is 5.17. The summed E-state index contributed by atoms with van der Waals surface area (Å²) >= 11 is 0. The third-order valence-corrected chi connectivity index (χ3v) is 1.51. The van der Waals surface area contributed by atoms with Crippen molar-refractivity contribution in [3.63, 3.8) is 0 Å². The molecule has 1 aromatic rings. The molecule has 0 fully saturated rings. The zero-order valence-electron chi connectivity index (χ0n) is 7.45. The number of rotatable bonds is 3. The van der Waals surface area contributed by atoms with E-state index in [2.05, 4.69) is 11.6 Å². The van der Waals surface area contributed by atoms with Crippen LogP contribution in [0.1, 0.15) is 13.8 Å². The molecule has 64 valence electrons. The van der Waals surface area contributed by atoms with Crippen LogP contribution in [0.25, 0.3) is 0 Å². The van der Waals surface area contributed by atoms with Crippen molar-refractivity contribution in [3.05, 3.63) is 37.2 Å². The van der Waals surface area contributed by atoms with E-state index < -0.39 is 0 Å². The Labute approximate surface area is 72.9 Å². The Bertz CT molecular complexity index is 254. The first-order chi connectivity index (χ1) is 5.64. The van der Waals surface area contributed by atoms with Gasteiger partial charge in [0.1, 0.15) is 11.4 Å². The normalized spacial score (nSPS) is 10.8. The van der Waals surface area contributed by atoms with Gasteiger partial charge >= 0.3 is 0 Å². The first kappa shape index (κ1) is 8.78.